The van der Waals surface area contributed by atoms with Gasteiger partial charge in [0.05, 0.1) is 18.2 Å². The van der Waals surface area contributed by atoms with Crippen molar-refractivity contribution in [2.45, 2.75) is 0 Å². The number of hydrogen-bond acceptors (Lipinski definition) is 3. The lowest BCUT2D eigenvalue weighted by molar-refractivity contribution is 0.0602. The van der Waals surface area contributed by atoms with Gasteiger partial charge in [-0.25, -0.2) is 4.79 Å². The van der Waals surface area contributed by atoms with Crippen molar-refractivity contribution < 1.29 is 9.53 Å². The zero-order valence-corrected chi connectivity index (χ0v) is 10.9. The number of carbonyl (C=O) groups excluding carboxylic acids is 1. The smallest absolute Gasteiger partial charge is 0.340 e. The van der Waals surface area contributed by atoms with Gasteiger partial charge in [0.25, 0.3) is 0 Å². The fourth-order valence-corrected chi connectivity index (χ4v) is 2.86. The number of fused-ring (bicyclic) bond motifs is 1. The standard InChI is InChI=1S/C10H8INO2S/c1-14-10(13)8-4-2-3-7-5-6-12(15-11)9(7)8/h2-6H,1H3. The molecule has 5 heteroatoms. The predicted octanol–water partition coefficient (Wildman–Crippen LogP) is 3.27. The summed E-state index contributed by atoms with van der Waals surface area (Å²) in [7, 11) is 2.92. The minimum absolute atomic E-state index is 0.300. The lowest BCUT2D eigenvalue weighted by Crippen LogP contribution is -2.02. The SMILES string of the molecule is COC(=O)c1cccc2ccn(SI)c12. The third kappa shape index (κ3) is 1.85. The molecule has 0 amide bonds. The summed E-state index contributed by atoms with van der Waals surface area (Å²) in [6.07, 6.45) is 1.94. The highest BCUT2D eigenvalue weighted by Gasteiger charge is 2.13. The molecule has 0 spiro atoms. The van der Waals surface area contributed by atoms with E-state index in [9.17, 15) is 4.79 Å². The zero-order chi connectivity index (χ0) is 10.8. The summed E-state index contributed by atoms with van der Waals surface area (Å²) < 4.78 is 6.70. The average molecular weight is 333 g/mol. The maximum atomic E-state index is 11.5. The van der Waals surface area contributed by atoms with Crippen molar-refractivity contribution >= 4 is 47.2 Å². The van der Waals surface area contributed by atoms with Gasteiger partial charge in [-0.2, -0.15) is 0 Å². The number of nitrogens with zero attached hydrogens (tertiary/aromatic N) is 1. The van der Waals surface area contributed by atoms with Crippen LogP contribution in [0.3, 0.4) is 0 Å². The van der Waals surface area contributed by atoms with Crippen LogP contribution in [0.2, 0.25) is 0 Å². The number of ether oxygens (including phenoxy) is 1. The number of carbonyl (C=O) groups is 1. The van der Waals surface area contributed by atoms with Crippen molar-refractivity contribution in [3.8, 4) is 0 Å². The summed E-state index contributed by atoms with van der Waals surface area (Å²) in [4.78, 5) is 11.5. The summed E-state index contributed by atoms with van der Waals surface area (Å²) in [6.45, 7) is 0. The maximum Gasteiger partial charge on any atom is 0.340 e. The van der Waals surface area contributed by atoms with Gasteiger partial charge in [-0.3, -0.25) is 3.97 Å². The van der Waals surface area contributed by atoms with Crippen molar-refractivity contribution in [1.82, 2.24) is 3.97 Å². The van der Waals surface area contributed by atoms with Gasteiger partial charge in [-0.15, -0.1) is 0 Å². The zero-order valence-electron chi connectivity index (χ0n) is 7.94. The minimum atomic E-state index is -0.300. The second-order valence-corrected chi connectivity index (χ2v) is 4.66. The molecule has 2 aromatic rings. The Morgan fingerprint density at radius 3 is 2.93 bits per heavy atom. The van der Waals surface area contributed by atoms with E-state index in [1.54, 1.807) is 6.07 Å². The Hall–Kier alpha value is -0.690. The van der Waals surface area contributed by atoms with E-state index in [1.165, 1.54) is 16.2 Å². The van der Waals surface area contributed by atoms with E-state index in [4.69, 9.17) is 4.74 Å². The molecule has 0 N–H and O–H groups in total. The summed E-state index contributed by atoms with van der Waals surface area (Å²) in [5, 5.41) is 1.04. The Morgan fingerprint density at radius 2 is 2.27 bits per heavy atom. The molecular weight excluding hydrogens is 325 g/mol. The predicted molar refractivity (Wildman–Crippen MR) is 70.3 cm³/mol. The fourth-order valence-electron chi connectivity index (χ4n) is 1.50. The Balaban J connectivity index is 2.72. The van der Waals surface area contributed by atoms with Crippen molar-refractivity contribution in [3.63, 3.8) is 0 Å². The lowest BCUT2D eigenvalue weighted by Gasteiger charge is -2.04. The Morgan fingerprint density at radius 1 is 1.47 bits per heavy atom. The highest BCUT2D eigenvalue weighted by molar-refractivity contribution is 14.2. The monoisotopic (exact) mass is 333 g/mol. The molecule has 0 fully saturated rings. The largest absolute Gasteiger partial charge is 0.465 e. The van der Waals surface area contributed by atoms with Crippen molar-refractivity contribution in [3.05, 3.63) is 36.0 Å². The Labute approximate surface area is 104 Å². The van der Waals surface area contributed by atoms with Gasteiger partial charge in [0.1, 0.15) is 0 Å². The molecule has 0 atom stereocenters. The van der Waals surface area contributed by atoms with Gasteiger partial charge in [0, 0.05) is 41.9 Å². The van der Waals surface area contributed by atoms with Crippen LogP contribution in [0, 0.1) is 0 Å². The van der Waals surface area contributed by atoms with Crippen molar-refractivity contribution in [1.29, 1.82) is 0 Å². The van der Waals surface area contributed by atoms with Gasteiger partial charge in [0.2, 0.25) is 0 Å². The average Bonchev–Trinajstić information content (AvgIpc) is 2.70. The van der Waals surface area contributed by atoms with Crippen LogP contribution in [0.1, 0.15) is 10.4 Å². The lowest BCUT2D eigenvalue weighted by atomic mass is 10.1. The normalized spacial score (nSPS) is 10.5. The number of methoxy groups -OCH3 is 1. The Bertz CT molecular complexity index is 509. The third-order valence-corrected chi connectivity index (χ3v) is 3.88. The number of aromatic nitrogens is 1. The summed E-state index contributed by atoms with van der Waals surface area (Å²) in [6, 6.07) is 7.59. The first kappa shape index (κ1) is 10.8. The summed E-state index contributed by atoms with van der Waals surface area (Å²) in [5.74, 6) is -0.300. The van der Waals surface area contributed by atoms with Crippen LogP contribution in [-0.2, 0) is 4.74 Å². The molecule has 78 valence electrons. The first-order chi connectivity index (χ1) is 7.27. The number of esters is 1. The van der Waals surface area contributed by atoms with Crippen LogP contribution in [0.15, 0.2) is 30.5 Å². The van der Waals surface area contributed by atoms with Gasteiger partial charge in [-0.1, -0.05) is 12.1 Å². The molecule has 0 saturated heterocycles. The van der Waals surface area contributed by atoms with E-state index in [1.807, 2.05) is 28.4 Å². The molecule has 1 aromatic carbocycles. The van der Waals surface area contributed by atoms with E-state index in [0.29, 0.717) is 5.56 Å². The second-order valence-electron chi connectivity index (χ2n) is 2.95. The van der Waals surface area contributed by atoms with Gasteiger partial charge >= 0.3 is 5.97 Å². The molecule has 0 bridgehead atoms. The molecule has 0 aliphatic heterocycles. The maximum absolute atomic E-state index is 11.5. The van der Waals surface area contributed by atoms with Gasteiger partial charge in [-0.05, 0) is 12.1 Å². The molecule has 0 aliphatic rings. The van der Waals surface area contributed by atoms with Crippen LogP contribution < -0.4 is 0 Å². The van der Waals surface area contributed by atoms with E-state index in [2.05, 4.69) is 21.2 Å². The van der Waals surface area contributed by atoms with E-state index < -0.39 is 0 Å². The molecular formula is C10H8INO2S. The van der Waals surface area contributed by atoms with Crippen LogP contribution in [0.5, 0.6) is 0 Å². The number of rotatable bonds is 2. The highest BCUT2D eigenvalue weighted by atomic mass is 127. The number of hydrogen-bond donors (Lipinski definition) is 0. The number of benzene rings is 1. The highest BCUT2D eigenvalue weighted by Crippen LogP contribution is 2.27. The van der Waals surface area contributed by atoms with Crippen LogP contribution in [0.25, 0.3) is 10.9 Å². The van der Waals surface area contributed by atoms with Gasteiger partial charge in [0.15, 0.2) is 0 Å². The van der Waals surface area contributed by atoms with Crippen LogP contribution in [-0.4, -0.2) is 17.1 Å². The molecule has 0 saturated carbocycles. The molecule has 0 unspecified atom stereocenters. The first-order valence-corrected chi connectivity index (χ1v) is 7.57. The van der Waals surface area contributed by atoms with Crippen LogP contribution in [0.4, 0.5) is 0 Å². The fraction of sp³-hybridized carbons (Fsp3) is 0.100. The van der Waals surface area contributed by atoms with E-state index in [0.717, 1.165) is 10.9 Å². The van der Waals surface area contributed by atoms with E-state index in [-0.39, 0.29) is 5.97 Å². The van der Waals surface area contributed by atoms with Crippen molar-refractivity contribution in [2.75, 3.05) is 7.11 Å². The quantitative estimate of drug-likeness (QED) is 0.624. The molecule has 3 nitrogen and oxygen atoms in total. The number of para-hydroxylation sites is 1. The minimum Gasteiger partial charge on any atom is -0.465 e. The molecule has 0 aliphatic carbocycles. The number of halogens is 1. The van der Waals surface area contributed by atoms with Crippen molar-refractivity contribution in [2.24, 2.45) is 0 Å². The third-order valence-electron chi connectivity index (χ3n) is 2.16. The summed E-state index contributed by atoms with van der Waals surface area (Å²) in [5.41, 5.74) is 1.51. The molecule has 0 radical (unpaired) electrons. The Kier molecular flexibility index (Phi) is 3.20. The molecule has 15 heavy (non-hydrogen) atoms. The summed E-state index contributed by atoms with van der Waals surface area (Å²) >= 11 is 2.18. The van der Waals surface area contributed by atoms with Crippen LogP contribution >= 0.6 is 30.3 Å². The molecule has 1 heterocycles. The molecule has 1 aromatic heterocycles. The second kappa shape index (κ2) is 4.44. The topological polar surface area (TPSA) is 31.2 Å². The molecule has 2 rings (SSSR count). The van der Waals surface area contributed by atoms with E-state index >= 15 is 0 Å². The first-order valence-electron chi connectivity index (χ1n) is 4.25. The van der Waals surface area contributed by atoms with Gasteiger partial charge < -0.3 is 4.74 Å².